The van der Waals surface area contributed by atoms with E-state index in [4.69, 9.17) is 4.74 Å². The summed E-state index contributed by atoms with van der Waals surface area (Å²) in [5.41, 5.74) is 7.60. The first-order valence-electron chi connectivity index (χ1n) is 10.0. The molecule has 0 radical (unpaired) electrons. The van der Waals surface area contributed by atoms with Gasteiger partial charge in [0.2, 0.25) is 11.8 Å². The zero-order chi connectivity index (χ0) is 20.1. The van der Waals surface area contributed by atoms with Gasteiger partial charge in [0.05, 0.1) is 26.2 Å². The highest BCUT2D eigenvalue weighted by Gasteiger charge is 2.29. The summed E-state index contributed by atoms with van der Waals surface area (Å²) >= 11 is 0. The molecule has 9 nitrogen and oxygen atoms in total. The molecule has 0 aromatic carbocycles. The van der Waals surface area contributed by atoms with Gasteiger partial charge in [-0.25, -0.2) is 4.79 Å². The van der Waals surface area contributed by atoms with Gasteiger partial charge in [0.25, 0.3) is 0 Å². The van der Waals surface area contributed by atoms with Crippen molar-refractivity contribution in [3.8, 4) is 0 Å². The standard InChI is InChI=1S/C18H35N5O4/c1-27-18(26)15(8-3-5-11-20)23-17(25)14(7-2-4-10-19)22-16(24)13-9-6-12-21-13/h13-15,21H,2-12,19-20H2,1H3,(H,22,24)(H,23,25)/p+2/t13-,14-,15-/m0/s1. The van der Waals surface area contributed by atoms with Gasteiger partial charge < -0.3 is 32.2 Å². The van der Waals surface area contributed by atoms with Crippen LogP contribution in [0.4, 0.5) is 0 Å². The maximum atomic E-state index is 12.8. The fraction of sp³-hybridized carbons (Fsp3) is 0.833. The molecule has 0 aliphatic carbocycles. The number of carbonyl (C=O) groups is 3. The van der Waals surface area contributed by atoms with E-state index in [0.29, 0.717) is 12.8 Å². The molecule has 27 heavy (non-hydrogen) atoms. The molecule has 1 rings (SSSR count). The molecular weight excluding hydrogens is 350 g/mol. The van der Waals surface area contributed by atoms with E-state index >= 15 is 0 Å². The Morgan fingerprint density at radius 2 is 1.67 bits per heavy atom. The van der Waals surface area contributed by atoms with Crippen LogP contribution in [0.1, 0.15) is 51.4 Å². The van der Waals surface area contributed by atoms with Gasteiger partial charge in [-0.05, 0) is 57.9 Å². The number of methoxy groups -OCH3 is 1. The molecule has 156 valence electrons. The molecule has 9 heteroatoms. The molecule has 0 spiro atoms. The van der Waals surface area contributed by atoms with Gasteiger partial charge in [0.1, 0.15) is 12.1 Å². The second-order valence-corrected chi connectivity index (χ2v) is 6.99. The van der Waals surface area contributed by atoms with Crippen LogP contribution in [0.15, 0.2) is 0 Å². The van der Waals surface area contributed by atoms with Gasteiger partial charge in [-0.3, -0.25) is 9.59 Å². The molecule has 1 aliphatic heterocycles. The van der Waals surface area contributed by atoms with Gasteiger partial charge in [-0.1, -0.05) is 0 Å². The topological polar surface area (TPSA) is 152 Å². The monoisotopic (exact) mass is 387 g/mol. The molecule has 1 fully saturated rings. The summed E-state index contributed by atoms with van der Waals surface area (Å²) in [4.78, 5) is 37.2. The fourth-order valence-corrected chi connectivity index (χ4v) is 3.16. The number of rotatable bonds is 13. The summed E-state index contributed by atoms with van der Waals surface area (Å²) in [6.07, 6.45) is 6.05. The Labute approximate surface area is 161 Å². The Morgan fingerprint density at radius 3 is 2.19 bits per heavy atom. The summed E-state index contributed by atoms with van der Waals surface area (Å²) in [6, 6.07) is -1.61. The van der Waals surface area contributed by atoms with E-state index in [9.17, 15) is 14.4 Å². The van der Waals surface area contributed by atoms with Crippen LogP contribution in [0.5, 0.6) is 0 Å². The lowest BCUT2D eigenvalue weighted by Gasteiger charge is -2.23. The average Bonchev–Trinajstić information content (AvgIpc) is 3.20. The number of nitrogens with one attached hydrogen (secondary N) is 3. The minimum Gasteiger partial charge on any atom is -0.467 e. The van der Waals surface area contributed by atoms with Crippen molar-refractivity contribution in [2.45, 2.75) is 69.5 Å². The van der Waals surface area contributed by atoms with Crippen LogP contribution >= 0.6 is 0 Å². The quantitative estimate of drug-likeness (QED) is 0.178. The minimum absolute atomic E-state index is 0.158. The summed E-state index contributed by atoms with van der Waals surface area (Å²) in [5.74, 6) is -0.961. The van der Waals surface area contributed by atoms with Gasteiger partial charge in [-0.15, -0.1) is 0 Å². The lowest BCUT2D eigenvalue weighted by Crippen LogP contribution is -2.55. The van der Waals surface area contributed by atoms with Crippen LogP contribution in [0.25, 0.3) is 0 Å². The van der Waals surface area contributed by atoms with Crippen molar-refractivity contribution in [2.75, 3.05) is 26.7 Å². The lowest BCUT2D eigenvalue weighted by molar-refractivity contribution is -0.369. The third-order valence-electron chi connectivity index (χ3n) is 4.80. The summed E-state index contributed by atoms with van der Waals surface area (Å²) in [6.45, 7) is 2.37. The Balaban J connectivity index is 2.69. The lowest BCUT2D eigenvalue weighted by atomic mass is 10.1. The van der Waals surface area contributed by atoms with E-state index in [2.05, 4.69) is 27.4 Å². The molecular formula is C18H37N5O4+2. The number of carbonyl (C=O) groups excluding carboxylic acids is 3. The average molecular weight is 388 g/mol. The molecule has 1 saturated heterocycles. The van der Waals surface area contributed by atoms with Gasteiger partial charge in [0.15, 0.2) is 0 Å². The molecule has 0 unspecified atom stereocenters. The zero-order valence-corrected chi connectivity index (χ0v) is 16.6. The molecule has 0 aromatic heterocycles. The van der Waals surface area contributed by atoms with Crippen LogP contribution in [0.3, 0.4) is 0 Å². The SMILES string of the molecule is COC(=O)[C@H](CCCC[NH3+])NC(=O)[C@H](CCCC[NH3+])NC(=O)[C@@H]1CCCN1. The van der Waals surface area contributed by atoms with Gasteiger partial charge >= 0.3 is 5.97 Å². The van der Waals surface area contributed by atoms with Crippen molar-refractivity contribution < 1.29 is 30.6 Å². The third kappa shape index (κ3) is 8.68. The third-order valence-corrected chi connectivity index (χ3v) is 4.80. The van der Waals surface area contributed by atoms with Crippen LogP contribution in [-0.2, 0) is 19.1 Å². The summed E-state index contributed by atoms with van der Waals surface area (Å²) < 4.78 is 4.81. The van der Waals surface area contributed by atoms with Crippen molar-refractivity contribution in [3.63, 3.8) is 0 Å². The highest BCUT2D eigenvalue weighted by molar-refractivity contribution is 5.92. The molecule has 2 amide bonds. The second kappa shape index (κ2) is 13.5. The van der Waals surface area contributed by atoms with Crippen molar-refractivity contribution in [1.82, 2.24) is 16.0 Å². The molecule has 3 atom stereocenters. The predicted molar refractivity (Wildman–Crippen MR) is 100 cm³/mol. The van der Waals surface area contributed by atoms with Crippen molar-refractivity contribution >= 4 is 17.8 Å². The van der Waals surface area contributed by atoms with E-state index in [0.717, 1.165) is 58.2 Å². The minimum atomic E-state index is -0.703. The smallest absolute Gasteiger partial charge is 0.328 e. The number of amides is 2. The fourth-order valence-electron chi connectivity index (χ4n) is 3.16. The summed E-state index contributed by atoms with van der Waals surface area (Å²) in [5, 5.41) is 8.75. The molecule has 1 aliphatic rings. The Morgan fingerprint density at radius 1 is 1.04 bits per heavy atom. The maximum absolute atomic E-state index is 12.8. The van der Waals surface area contributed by atoms with Gasteiger partial charge in [0, 0.05) is 0 Å². The Bertz CT molecular complexity index is 469. The Kier molecular flexibility index (Phi) is 11.6. The normalized spacial score (nSPS) is 18.6. The highest BCUT2D eigenvalue weighted by atomic mass is 16.5. The number of hydrogen-bond acceptors (Lipinski definition) is 5. The number of ether oxygens (including phenoxy) is 1. The second-order valence-electron chi connectivity index (χ2n) is 6.99. The maximum Gasteiger partial charge on any atom is 0.328 e. The number of unbranched alkanes of at least 4 members (excludes halogenated alkanes) is 2. The molecule has 0 bridgehead atoms. The zero-order valence-electron chi connectivity index (χ0n) is 16.6. The summed E-state index contributed by atoms with van der Waals surface area (Å²) in [7, 11) is 1.31. The Hall–Kier alpha value is -1.71. The first-order valence-corrected chi connectivity index (χ1v) is 10.0. The van der Waals surface area contributed by atoms with Crippen LogP contribution in [0, 0.1) is 0 Å². The van der Waals surface area contributed by atoms with Crippen LogP contribution < -0.4 is 27.4 Å². The molecule has 1 heterocycles. The number of esters is 1. The number of hydrogen-bond donors (Lipinski definition) is 5. The van der Waals surface area contributed by atoms with Crippen LogP contribution in [-0.4, -0.2) is 62.7 Å². The predicted octanol–water partition coefficient (Wildman–Crippen LogP) is -2.29. The van der Waals surface area contributed by atoms with E-state index in [-0.39, 0.29) is 17.9 Å². The van der Waals surface area contributed by atoms with Crippen molar-refractivity contribution in [1.29, 1.82) is 0 Å². The van der Waals surface area contributed by atoms with Crippen molar-refractivity contribution in [3.05, 3.63) is 0 Å². The van der Waals surface area contributed by atoms with E-state index in [1.807, 2.05) is 0 Å². The van der Waals surface area contributed by atoms with Crippen molar-refractivity contribution in [2.24, 2.45) is 0 Å². The number of quaternary nitrogens is 2. The highest BCUT2D eigenvalue weighted by Crippen LogP contribution is 2.09. The van der Waals surface area contributed by atoms with Crippen LogP contribution in [0.2, 0.25) is 0 Å². The largest absolute Gasteiger partial charge is 0.467 e. The van der Waals surface area contributed by atoms with E-state index in [1.54, 1.807) is 0 Å². The van der Waals surface area contributed by atoms with E-state index in [1.165, 1.54) is 7.11 Å². The van der Waals surface area contributed by atoms with E-state index < -0.39 is 18.1 Å². The first-order chi connectivity index (χ1) is 13.0. The van der Waals surface area contributed by atoms with Gasteiger partial charge in [-0.2, -0.15) is 0 Å². The molecule has 0 saturated carbocycles. The first kappa shape index (κ1) is 23.3. The molecule has 0 aromatic rings. The molecule has 9 N–H and O–H groups in total.